The Balaban J connectivity index is 1.36. The van der Waals surface area contributed by atoms with Crippen molar-refractivity contribution in [1.29, 1.82) is 0 Å². The van der Waals surface area contributed by atoms with E-state index < -0.39 is 5.97 Å². The fourth-order valence-electron chi connectivity index (χ4n) is 5.00. The van der Waals surface area contributed by atoms with Crippen LogP contribution in [0, 0.1) is 11.8 Å². The minimum Gasteiger partial charge on any atom is -0.495 e. The van der Waals surface area contributed by atoms with Crippen LogP contribution in [0.4, 0.5) is 11.5 Å². The van der Waals surface area contributed by atoms with E-state index in [-0.39, 0.29) is 17.7 Å². The predicted octanol–water partition coefficient (Wildman–Crippen LogP) is 3.14. The van der Waals surface area contributed by atoms with Gasteiger partial charge in [0.2, 0.25) is 5.91 Å². The Labute approximate surface area is 201 Å². The number of methoxy groups -OCH3 is 1. The Bertz CT molecular complexity index is 954. The number of anilines is 2. The van der Waals surface area contributed by atoms with Gasteiger partial charge in [0.25, 0.3) is 0 Å². The lowest BCUT2D eigenvalue weighted by Crippen LogP contribution is -2.50. The molecule has 0 unspecified atom stereocenters. The first-order chi connectivity index (χ1) is 16.6. The van der Waals surface area contributed by atoms with Crippen molar-refractivity contribution >= 4 is 23.4 Å². The van der Waals surface area contributed by atoms with Gasteiger partial charge in [0.05, 0.1) is 18.7 Å². The number of amides is 1. The van der Waals surface area contributed by atoms with Crippen molar-refractivity contribution in [2.24, 2.45) is 11.8 Å². The number of nitrogens with zero attached hydrogens (tertiary/aromatic N) is 4. The summed E-state index contributed by atoms with van der Waals surface area (Å²) in [6.07, 6.45) is 4.08. The van der Waals surface area contributed by atoms with E-state index in [1.165, 1.54) is 0 Å². The molecule has 182 valence electrons. The Morgan fingerprint density at radius 1 is 1.00 bits per heavy atom. The molecule has 34 heavy (non-hydrogen) atoms. The number of piperazine rings is 1. The zero-order valence-electron chi connectivity index (χ0n) is 19.8. The Morgan fingerprint density at radius 2 is 1.68 bits per heavy atom. The molecule has 0 atom stereocenters. The summed E-state index contributed by atoms with van der Waals surface area (Å²) in [7, 11) is 1.70. The second-order valence-electron chi connectivity index (χ2n) is 9.07. The maximum Gasteiger partial charge on any atom is 0.306 e. The number of hydrogen-bond donors (Lipinski definition) is 1. The minimum atomic E-state index is -0.750. The number of carboxylic acid groups (broad SMARTS) is 1. The van der Waals surface area contributed by atoms with Gasteiger partial charge in [-0.1, -0.05) is 18.2 Å². The van der Waals surface area contributed by atoms with Crippen molar-refractivity contribution in [2.75, 3.05) is 56.2 Å². The molecular formula is C26H34N4O4. The van der Waals surface area contributed by atoms with E-state index in [0.29, 0.717) is 38.0 Å². The molecule has 0 radical (unpaired) electrons. The molecule has 1 saturated carbocycles. The summed E-state index contributed by atoms with van der Waals surface area (Å²) in [5.41, 5.74) is 1.12. The summed E-state index contributed by atoms with van der Waals surface area (Å²) < 4.78 is 5.52. The number of carboxylic acids is 1. The third-order valence-electron chi connectivity index (χ3n) is 7.06. The molecule has 2 aromatic rings. The molecular weight excluding hydrogens is 432 g/mol. The van der Waals surface area contributed by atoms with Crippen LogP contribution >= 0.6 is 0 Å². The number of para-hydroxylation sites is 2. The number of carbonyl (C=O) groups excluding carboxylic acids is 1. The van der Waals surface area contributed by atoms with Crippen LogP contribution in [-0.2, 0) is 9.59 Å². The van der Waals surface area contributed by atoms with Crippen LogP contribution < -0.4 is 14.5 Å². The number of pyridine rings is 1. The van der Waals surface area contributed by atoms with Crippen LogP contribution in [0.25, 0.3) is 0 Å². The Morgan fingerprint density at radius 3 is 2.32 bits per heavy atom. The highest BCUT2D eigenvalue weighted by atomic mass is 16.5. The molecule has 4 rings (SSSR count). The molecule has 2 heterocycles. The highest BCUT2D eigenvalue weighted by Crippen LogP contribution is 2.31. The molecule has 1 aliphatic carbocycles. The molecule has 1 aliphatic heterocycles. The quantitative estimate of drug-likeness (QED) is 0.640. The molecule has 2 fully saturated rings. The van der Waals surface area contributed by atoms with Gasteiger partial charge in [-0.15, -0.1) is 0 Å². The normalized spacial score (nSPS) is 21.1. The summed E-state index contributed by atoms with van der Waals surface area (Å²) in [6, 6.07) is 13.7. The number of rotatable bonds is 8. The van der Waals surface area contributed by atoms with Crippen LogP contribution in [0.1, 0.15) is 25.7 Å². The second kappa shape index (κ2) is 11.3. The van der Waals surface area contributed by atoms with Crippen molar-refractivity contribution in [2.45, 2.75) is 25.7 Å². The number of aromatic nitrogens is 1. The van der Waals surface area contributed by atoms with Crippen LogP contribution in [0.3, 0.4) is 0 Å². The van der Waals surface area contributed by atoms with Crippen molar-refractivity contribution in [3.8, 4) is 5.75 Å². The maximum absolute atomic E-state index is 13.5. The molecule has 1 amide bonds. The lowest BCUT2D eigenvalue weighted by molar-refractivity contribution is -0.144. The van der Waals surface area contributed by atoms with Crippen molar-refractivity contribution < 1.29 is 19.4 Å². The van der Waals surface area contributed by atoms with Gasteiger partial charge in [-0.2, -0.15) is 0 Å². The van der Waals surface area contributed by atoms with E-state index in [4.69, 9.17) is 4.74 Å². The molecule has 8 heteroatoms. The number of ether oxygens (including phenoxy) is 1. The SMILES string of the molecule is COc1ccccc1N1CCN(CCN(c2ccccn2)C(=O)[C@H]2CC[C@@H](C(=O)O)CC2)CC1. The third kappa shape index (κ3) is 5.67. The molecule has 0 spiro atoms. The lowest BCUT2D eigenvalue weighted by atomic mass is 9.81. The number of aliphatic carboxylic acids is 1. The van der Waals surface area contributed by atoms with Gasteiger partial charge in [0, 0.05) is 51.4 Å². The summed E-state index contributed by atoms with van der Waals surface area (Å²) in [6.45, 7) is 4.96. The molecule has 1 aromatic carbocycles. The highest BCUT2D eigenvalue weighted by Gasteiger charge is 2.33. The Kier molecular flexibility index (Phi) is 8.00. The standard InChI is InChI=1S/C26H34N4O4/c1-34-23-7-3-2-6-22(23)29-17-14-28(15-18-29)16-19-30(24-8-4-5-13-27-24)25(31)20-9-11-21(12-10-20)26(32)33/h2-8,13,20-21H,9-12,14-19H2,1H3,(H,32,33)/t20-,21+. The van der Waals surface area contributed by atoms with E-state index in [1.54, 1.807) is 18.2 Å². The van der Waals surface area contributed by atoms with E-state index >= 15 is 0 Å². The zero-order chi connectivity index (χ0) is 23.9. The minimum absolute atomic E-state index is 0.0650. The van der Waals surface area contributed by atoms with Crippen LogP contribution in [0.2, 0.25) is 0 Å². The average molecular weight is 467 g/mol. The molecule has 0 bridgehead atoms. The van der Waals surface area contributed by atoms with Gasteiger partial charge in [0.1, 0.15) is 11.6 Å². The summed E-state index contributed by atoms with van der Waals surface area (Å²) in [5, 5.41) is 9.28. The van der Waals surface area contributed by atoms with Crippen LogP contribution in [0.5, 0.6) is 5.75 Å². The van der Waals surface area contributed by atoms with Gasteiger partial charge >= 0.3 is 5.97 Å². The third-order valence-corrected chi connectivity index (χ3v) is 7.06. The lowest BCUT2D eigenvalue weighted by Gasteiger charge is -2.38. The summed E-state index contributed by atoms with van der Waals surface area (Å²) >= 11 is 0. The molecule has 1 saturated heterocycles. The molecule has 1 aromatic heterocycles. The summed E-state index contributed by atoms with van der Waals surface area (Å²) in [5.74, 6) is 0.405. The van der Waals surface area contributed by atoms with E-state index in [0.717, 1.165) is 44.2 Å². The zero-order valence-corrected chi connectivity index (χ0v) is 19.8. The van der Waals surface area contributed by atoms with Crippen molar-refractivity contribution in [3.63, 3.8) is 0 Å². The molecule has 1 N–H and O–H groups in total. The van der Waals surface area contributed by atoms with Gasteiger partial charge in [-0.25, -0.2) is 4.98 Å². The number of benzene rings is 1. The fourth-order valence-corrected chi connectivity index (χ4v) is 5.00. The van der Waals surface area contributed by atoms with E-state index in [2.05, 4.69) is 20.9 Å². The average Bonchev–Trinajstić information content (AvgIpc) is 2.89. The van der Waals surface area contributed by atoms with Crippen molar-refractivity contribution in [3.05, 3.63) is 48.7 Å². The smallest absolute Gasteiger partial charge is 0.306 e. The first-order valence-corrected chi connectivity index (χ1v) is 12.1. The van der Waals surface area contributed by atoms with Crippen LogP contribution in [-0.4, -0.2) is 73.2 Å². The van der Waals surface area contributed by atoms with Crippen molar-refractivity contribution in [1.82, 2.24) is 9.88 Å². The van der Waals surface area contributed by atoms with E-state index in [9.17, 15) is 14.7 Å². The van der Waals surface area contributed by atoms with Crippen LogP contribution in [0.15, 0.2) is 48.7 Å². The first kappa shape index (κ1) is 24.0. The number of hydrogen-bond acceptors (Lipinski definition) is 6. The van der Waals surface area contributed by atoms with Gasteiger partial charge < -0.3 is 14.7 Å². The second-order valence-corrected chi connectivity index (χ2v) is 9.07. The van der Waals surface area contributed by atoms with Gasteiger partial charge in [-0.05, 0) is 49.9 Å². The predicted molar refractivity (Wildman–Crippen MR) is 131 cm³/mol. The maximum atomic E-state index is 13.5. The number of carbonyl (C=O) groups is 2. The topological polar surface area (TPSA) is 86.2 Å². The Hall–Kier alpha value is -3.13. The van der Waals surface area contributed by atoms with E-state index in [1.807, 2.05) is 36.4 Å². The largest absolute Gasteiger partial charge is 0.495 e. The van der Waals surface area contributed by atoms with Gasteiger partial charge in [0.15, 0.2) is 0 Å². The molecule has 8 nitrogen and oxygen atoms in total. The highest BCUT2D eigenvalue weighted by molar-refractivity contribution is 5.94. The first-order valence-electron chi connectivity index (χ1n) is 12.1. The fraction of sp³-hybridized carbons (Fsp3) is 0.500. The summed E-state index contributed by atoms with van der Waals surface area (Å²) in [4.78, 5) is 35.7. The van der Waals surface area contributed by atoms with Gasteiger partial charge in [-0.3, -0.25) is 19.4 Å². The monoisotopic (exact) mass is 466 g/mol. The molecule has 2 aliphatic rings.